The number of amides is 1. The van der Waals surface area contributed by atoms with Crippen molar-refractivity contribution in [1.29, 1.82) is 0 Å². The van der Waals surface area contributed by atoms with Crippen molar-refractivity contribution >= 4 is 32.4 Å². The van der Waals surface area contributed by atoms with Crippen LogP contribution in [-0.4, -0.2) is 50.9 Å². The molecule has 3 aromatic rings. The molecule has 1 fully saturated rings. The van der Waals surface area contributed by atoms with Crippen LogP contribution in [0.3, 0.4) is 0 Å². The average molecular weight is 441 g/mol. The summed E-state index contributed by atoms with van der Waals surface area (Å²) in [6.45, 7) is 2.40. The van der Waals surface area contributed by atoms with Crippen LogP contribution in [0.25, 0.3) is 11.0 Å². The predicted molar refractivity (Wildman–Crippen MR) is 123 cm³/mol. The smallest absolute Gasteiger partial charge is 0.227 e. The monoisotopic (exact) mass is 440 g/mol. The summed E-state index contributed by atoms with van der Waals surface area (Å²) < 4.78 is 29.8. The molecule has 0 N–H and O–H groups in total. The molecule has 1 amide bonds. The van der Waals surface area contributed by atoms with Crippen LogP contribution in [0.1, 0.15) is 23.1 Å². The first kappa shape index (κ1) is 21.4. The quantitative estimate of drug-likeness (QED) is 0.586. The molecule has 1 aliphatic heterocycles. The summed E-state index contributed by atoms with van der Waals surface area (Å²) in [6.07, 6.45) is 2.30. The topological polar surface area (TPSA) is 70.8 Å². The van der Waals surface area contributed by atoms with Gasteiger partial charge in [0.2, 0.25) is 5.91 Å². The predicted octanol–water partition coefficient (Wildman–Crippen LogP) is 3.57. The van der Waals surface area contributed by atoms with Gasteiger partial charge in [-0.3, -0.25) is 4.79 Å². The van der Waals surface area contributed by atoms with Gasteiger partial charge in [-0.05, 0) is 43.2 Å². The Labute approximate surface area is 183 Å². The molecule has 0 spiro atoms. The van der Waals surface area contributed by atoms with E-state index in [0.717, 1.165) is 33.3 Å². The van der Waals surface area contributed by atoms with Gasteiger partial charge in [-0.15, -0.1) is 0 Å². The number of fused-ring (bicyclic) bond motifs is 1. The summed E-state index contributed by atoms with van der Waals surface area (Å²) >= 11 is 0. The molecule has 4 rings (SSSR count). The highest BCUT2D eigenvalue weighted by Crippen LogP contribution is 2.26. The van der Waals surface area contributed by atoms with E-state index >= 15 is 0 Å². The minimum Gasteiger partial charge on any atom is -0.464 e. The van der Waals surface area contributed by atoms with Crippen LogP contribution in [0.2, 0.25) is 0 Å². The van der Waals surface area contributed by atoms with Gasteiger partial charge in [0.05, 0.1) is 24.2 Å². The second kappa shape index (κ2) is 8.38. The summed E-state index contributed by atoms with van der Waals surface area (Å²) in [4.78, 5) is 17.2. The fraction of sp³-hybridized carbons (Fsp3) is 0.375. The Morgan fingerprint density at radius 3 is 2.52 bits per heavy atom. The Morgan fingerprint density at radius 1 is 1.13 bits per heavy atom. The van der Waals surface area contributed by atoms with E-state index < -0.39 is 9.84 Å². The maximum atomic E-state index is 13.4. The Kier molecular flexibility index (Phi) is 5.79. The highest BCUT2D eigenvalue weighted by molar-refractivity contribution is 7.91. The van der Waals surface area contributed by atoms with Crippen molar-refractivity contribution in [2.75, 3.05) is 30.5 Å². The number of nitrogens with zero attached hydrogens (tertiary/aromatic N) is 2. The summed E-state index contributed by atoms with van der Waals surface area (Å²) in [7, 11) is 0.849. The molecule has 2 heterocycles. The van der Waals surface area contributed by atoms with Crippen molar-refractivity contribution in [1.82, 2.24) is 4.90 Å². The average Bonchev–Trinajstić information content (AvgIpc) is 3.28. The molecule has 0 aliphatic carbocycles. The lowest BCUT2D eigenvalue weighted by atomic mass is 10.1. The molecule has 6 nitrogen and oxygen atoms in total. The third-order valence-electron chi connectivity index (χ3n) is 5.93. The summed E-state index contributed by atoms with van der Waals surface area (Å²) in [5, 5.41) is 0.933. The van der Waals surface area contributed by atoms with E-state index in [1.54, 1.807) is 11.2 Å². The third kappa shape index (κ3) is 4.77. The maximum absolute atomic E-state index is 13.4. The first-order chi connectivity index (χ1) is 14.7. The molecule has 164 valence electrons. The van der Waals surface area contributed by atoms with Crippen LogP contribution in [0, 0.1) is 6.92 Å². The first-order valence-corrected chi connectivity index (χ1v) is 12.3. The van der Waals surface area contributed by atoms with Gasteiger partial charge in [-0.25, -0.2) is 8.42 Å². The number of rotatable bonds is 6. The van der Waals surface area contributed by atoms with E-state index in [2.05, 4.69) is 0 Å². The van der Waals surface area contributed by atoms with E-state index in [4.69, 9.17) is 4.42 Å². The van der Waals surface area contributed by atoms with E-state index in [-0.39, 0.29) is 29.9 Å². The van der Waals surface area contributed by atoms with Gasteiger partial charge in [0.25, 0.3) is 0 Å². The first-order valence-electron chi connectivity index (χ1n) is 10.4. The van der Waals surface area contributed by atoms with Gasteiger partial charge in [-0.1, -0.05) is 23.8 Å². The maximum Gasteiger partial charge on any atom is 0.227 e. The van der Waals surface area contributed by atoms with E-state index in [0.29, 0.717) is 13.0 Å². The molecule has 0 saturated carbocycles. The Hall–Kier alpha value is -2.80. The van der Waals surface area contributed by atoms with Crippen LogP contribution in [-0.2, 0) is 27.6 Å². The van der Waals surface area contributed by atoms with Gasteiger partial charge in [0.1, 0.15) is 5.58 Å². The molecule has 1 saturated heterocycles. The van der Waals surface area contributed by atoms with Crippen LogP contribution >= 0.6 is 0 Å². The Bertz CT molecular complexity index is 1200. The third-order valence-corrected chi connectivity index (χ3v) is 7.68. The van der Waals surface area contributed by atoms with E-state index in [1.807, 2.05) is 68.4 Å². The van der Waals surface area contributed by atoms with Crippen molar-refractivity contribution in [3.8, 4) is 0 Å². The van der Waals surface area contributed by atoms with Crippen LogP contribution in [0.15, 0.2) is 53.1 Å². The Balaban J connectivity index is 1.60. The second-order valence-corrected chi connectivity index (χ2v) is 10.8. The highest BCUT2D eigenvalue weighted by atomic mass is 32.2. The Morgan fingerprint density at radius 2 is 1.87 bits per heavy atom. The molecule has 0 bridgehead atoms. The number of sulfone groups is 1. The molecular weight excluding hydrogens is 412 g/mol. The lowest BCUT2D eigenvalue weighted by molar-refractivity contribution is -0.133. The van der Waals surface area contributed by atoms with Crippen molar-refractivity contribution in [3.05, 3.63) is 65.4 Å². The van der Waals surface area contributed by atoms with Gasteiger partial charge < -0.3 is 14.2 Å². The lowest BCUT2D eigenvalue weighted by Crippen LogP contribution is -2.41. The minimum absolute atomic E-state index is 0.0275. The van der Waals surface area contributed by atoms with Crippen LogP contribution in [0.5, 0.6) is 0 Å². The van der Waals surface area contributed by atoms with Crippen molar-refractivity contribution < 1.29 is 17.6 Å². The second-order valence-electron chi connectivity index (χ2n) is 8.58. The zero-order valence-electron chi connectivity index (χ0n) is 18.2. The number of aryl methyl sites for hydroxylation is 1. The van der Waals surface area contributed by atoms with Gasteiger partial charge in [0.15, 0.2) is 9.84 Å². The van der Waals surface area contributed by atoms with Crippen LogP contribution < -0.4 is 4.90 Å². The summed E-state index contributed by atoms with van der Waals surface area (Å²) in [5.74, 6) is 0.0808. The number of furan rings is 1. The standard InChI is InChI=1S/C24H28N2O4S/c1-17-4-9-23-22(12-17)19(15-30-23)13-24(27)26(21-10-11-31(28,29)16-21)14-18-5-7-20(8-6-18)25(2)3/h4-9,12,15,21H,10-11,13-14,16H2,1-3H3/t21-/m0/s1. The van der Waals surface area contributed by atoms with Gasteiger partial charge in [-0.2, -0.15) is 0 Å². The number of carbonyl (C=O) groups excluding carboxylic acids is 1. The molecule has 31 heavy (non-hydrogen) atoms. The lowest BCUT2D eigenvalue weighted by Gasteiger charge is -2.28. The highest BCUT2D eigenvalue weighted by Gasteiger charge is 2.34. The SMILES string of the molecule is Cc1ccc2occ(CC(=O)N(Cc3ccc(N(C)C)cc3)[C@H]3CCS(=O)(=O)C3)c2c1. The summed E-state index contributed by atoms with van der Waals surface area (Å²) in [6, 6.07) is 13.6. The molecule has 0 unspecified atom stereocenters. The molecule has 1 atom stereocenters. The van der Waals surface area contributed by atoms with Crippen molar-refractivity contribution in [2.45, 2.75) is 32.4 Å². The fourth-order valence-electron chi connectivity index (χ4n) is 4.14. The van der Waals surface area contributed by atoms with Crippen molar-refractivity contribution in [2.24, 2.45) is 0 Å². The molecule has 7 heteroatoms. The number of carbonyl (C=O) groups is 1. The van der Waals surface area contributed by atoms with Crippen LogP contribution in [0.4, 0.5) is 5.69 Å². The van der Waals surface area contributed by atoms with Gasteiger partial charge >= 0.3 is 0 Å². The minimum atomic E-state index is -3.11. The normalized spacial score (nSPS) is 17.7. The molecule has 1 aliphatic rings. The molecule has 2 aromatic carbocycles. The van der Waals surface area contributed by atoms with Crippen molar-refractivity contribution in [3.63, 3.8) is 0 Å². The number of anilines is 1. The molecule has 1 aromatic heterocycles. The number of hydrogen-bond donors (Lipinski definition) is 0. The van der Waals surface area contributed by atoms with E-state index in [1.165, 1.54) is 0 Å². The zero-order valence-corrected chi connectivity index (χ0v) is 19.0. The molecule has 0 radical (unpaired) electrons. The largest absolute Gasteiger partial charge is 0.464 e. The van der Waals surface area contributed by atoms with Gasteiger partial charge in [0, 0.05) is 43.3 Å². The fourth-order valence-corrected chi connectivity index (χ4v) is 5.87. The number of hydrogen-bond acceptors (Lipinski definition) is 5. The molecular formula is C24H28N2O4S. The number of benzene rings is 2. The zero-order chi connectivity index (χ0) is 22.2. The van der Waals surface area contributed by atoms with E-state index in [9.17, 15) is 13.2 Å². The summed E-state index contributed by atoms with van der Waals surface area (Å²) in [5.41, 5.74) is 4.74.